The predicted molar refractivity (Wildman–Crippen MR) is 86.0 cm³/mol. The second-order valence-electron chi connectivity index (χ2n) is 5.44. The summed E-state index contributed by atoms with van der Waals surface area (Å²) in [6.45, 7) is 7.78. The maximum absolute atomic E-state index is 12.7. The second-order valence-corrected chi connectivity index (χ2v) is 7.09. The highest BCUT2D eigenvalue weighted by molar-refractivity contribution is 7.89. The van der Waals surface area contributed by atoms with Crippen molar-refractivity contribution in [2.24, 2.45) is 0 Å². The van der Waals surface area contributed by atoms with Crippen LogP contribution in [0.1, 0.15) is 36.5 Å². The Bertz CT molecular complexity index is 591. The Kier molecular flexibility index (Phi) is 6.19. The Morgan fingerprint density at radius 2 is 1.90 bits per heavy atom. The van der Waals surface area contributed by atoms with Gasteiger partial charge in [-0.3, -0.25) is 0 Å². The molecular weight excluding hydrogens is 288 g/mol. The molecule has 0 heterocycles. The van der Waals surface area contributed by atoms with Gasteiger partial charge in [-0.1, -0.05) is 19.4 Å². The molecule has 5 nitrogen and oxygen atoms in total. The third-order valence-corrected chi connectivity index (χ3v) is 5.37. The van der Waals surface area contributed by atoms with Gasteiger partial charge in [0, 0.05) is 18.8 Å². The first kappa shape index (κ1) is 17.9. The van der Waals surface area contributed by atoms with E-state index >= 15 is 0 Å². The number of nitrogens with two attached hydrogens (primary N) is 1. The zero-order chi connectivity index (χ0) is 16.2. The van der Waals surface area contributed by atoms with Gasteiger partial charge in [0.25, 0.3) is 0 Å². The van der Waals surface area contributed by atoms with Crippen LogP contribution in [0.5, 0.6) is 0 Å². The molecule has 0 saturated carbocycles. The molecule has 0 aliphatic heterocycles. The molecule has 0 aliphatic rings. The van der Waals surface area contributed by atoms with Gasteiger partial charge in [0.1, 0.15) is 0 Å². The van der Waals surface area contributed by atoms with Crippen LogP contribution in [0.2, 0.25) is 0 Å². The van der Waals surface area contributed by atoms with Gasteiger partial charge in [-0.2, -0.15) is 0 Å². The van der Waals surface area contributed by atoms with E-state index in [1.807, 2.05) is 19.9 Å². The molecule has 3 N–H and O–H groups in total. The maximum Gasteiger partial charge on any atom is 0.241 e. The van der Waals surface area contributed by atoms with Crippen molar-refractivity contribution in [2.75, 3.05) is 19.5 Å². The standard InChI is InChI=1S/C15H26N2O3S/c1-6-7-13(9-20-5)17-21(18,19)15-11(3)8-10(2)14(16)12(15)4/h8,13,17H,6-7,9,16H2,1-5H3. The highest BCUT2D eigenvalue weighted by atomic mass is 32.2. The van der Waals surface area contributed by atoms with Gasteiger partial charge in [0.15, 0.2) is 0 Å². The molecule has 120 valence electrons. The number of ether oxygens (including phenoxy) is 1. The van der Waals surface area contributed by atoms with Gasteiger partial charge in [0.2, 0.25) is 10.0 Å². The molecule has 0 saturated heterocycles. The molecule has 0 aliphatic carbocycles. The van der Waals surface area contributed by atoms with E-state index in [4.69, 9.17) is 10.5 Å². The molecule has 1 aromatic carbocycles. The van der Waals surface area contributed by atoms with E-state index in [0.717, 1.165) is 18.4 Å². The Labute approximate surface area is 127 Å². The zero-order valence-corrected chi connectivity index (χ0v) is 14.3. The van der Waals surface area contributed by atoms with Gasteiger partial charge >= 0.3 is 0 Å². The number of anilines is 1. The normalized spacial score (nSPS) is 13.4. The number of aryl methyl sites for hydroxylation is 2. The van der Waals surface area contributed by atoms with Crippen LogP contribution >= 0.6 is 0 Å². The van der Waals surface area contributed by atoms with Crippen molar-refractivity contribution in [3.63, 3.8) is 0 Å². The first-order chi connectivity index (χ1) is 9.74. The summed E-state index contributed by atoms with van der Waals surface area (Å²) in [4.78, 5) is 0.280. The number of rotatable bonds is 7. The number of nitrogens with one attached hydrogen (secondary N) is 1. The van der Waals surface area contributed by atoms with Crippen molar-refractivity contribution >= 4 is 15.7 Å². The highest BCUT2D eigenvalue weighted by Crippen LogP contribution is 2.28. The number of hydrogen-bond donors (Lipinski definition) is 2. The van der Waals surface area contributed by atoms with Gasteiger partial charge < -0.3 is 10.5 Å². The molecular formula is C15H26N2O3S. The average Bonchev–Trinajstić information content (AvgIpc) is 2.35. The van der Waals surface area contributed by atoms with Gasteiger partial charge in [0.05, 0.1) is 11.5 Å². The second kappa shape index (κ2) is 7.24. The molecule has 0 fully saturated rings. The third-order valence-electron chi connectivity index (χ3n) is 3.56. The van der Waals surface area contributed by atoms with Crippen LogP contribution in [-0.4, -0.2) is 28.2 Å². The number of sulfonamides is 1. The predicted octanol–water partition coefficient (Wildman–Crippen LogP) is 2.29. The summed E-state index contributed by atoms with van der Waals surface area (Å²) in [5, 5.41) is 0. The average molecular weight is 314 g/mol. The molecule has 1 aromatic rings. The van der Waals surface area contributed by atoms with Gasteiger partial charge in [-0.25, -0.2) is 13.1 Å². The minimum absolute atomic E-state index is 0.230. The summed E-state index contributed by atoms with van der Waals surface area (Å²) in [7, 11) is -2.05. The summed E-state index contributed by atoms with van der Waals surface area (Å²) in [6, 6.07) is 1.58. The molecule has 1 atom stereocenters. The van der Waals surface area contributed by atoms with Crippen molar-refractivity contribution < 1.29 is 13.2 Å². The van der Waals surface area contributed by atoms with Crippen molar-refractivity contribution in [2.45, 2.75) is 51.5 Å². The van der Waals surface area contributed by atoms with Crippen LogP contribution in [-0.2, 0) is 14.8 Å². The van der Waals surface area contributed by atoms with E-state index in [1.54, 1.807) is 21.0 Å². The SMILES string of the molecule is CCCC(COC)NS(=O)(=O)c1c(C)cc(C)c(N)c1C. The molecule has 1 unspecified atom stereocenters. The number of methoxy groups -OCH3 is 1. The molecule has 0 bridgehead atoms. The van der Waals surface area contributed by atoms with E-state index in [-0.39, 0.29) is 10.9 Å². The van der Waals surface area contributed by atoms with E-state index in [0.29, 0.717) is 23.4 Å². The lowest BCUT2D eigenvalue weighted by Gasteiger charge is -2.20. The molecule has 6 heteroatoms. The minimum Gasteiger partial charge on any atom is -0.398 e. The monoisotopic (exact) mass is 314 g/mol. The van der Waals surface area contributed by atoms with E-state index in [9.17, 15) is 8.42 Å². The van der Waals surface area contributed by atoms with E-state index < -0.39 is 10.0 Å². The van der Waals surface area contributed by atoms with Crippen molar-refractivity contribution in [3.8, 4) is 0 Å². The van der Waals surface area contributed by atoms with Crippen molar-refractivity contribution in [1.82, 2.24) is 4.72 Å². The molecule has 0 radical (unpaired) electrons. The van der Waals surface area contributed by atoms with Crippen LogP contribution in [0.3, 0.4) is 0 Å². The summed E-state index contributed by atoms with van der Waals surface area (Å²) in [6.07, 6.45) is 1.61. The molecule has 0 spiro atoms. The van der Waals surface area contributed by atoms with Crippen LogP contribution in [0, 0.1) is 20.8 Å². The van der Waals surface area contributed by atoms with E-state index in [2.05, 4.69) is 4.72 Å². The van der Waals surface area contributed by atoms with Gasteiger partial charge in [-0.15, -0.1) is 0 Å². The lowest BCUT2D eigenvalue weighted by Crippen LogP contribution is -2.38. The Hall–Kier alpha value is -1.11. The first-order valence-electron chi connectivity index (χ1n) is 7.12. The quantitative estimate of drug-likeness (QED) is 0.757. The Balaban J connectivity index is 3.22. The summed E-state index contributed by atoms with van der Waals surface area (Å²) in [5.74, 6) is 0. The van der Waals surface area contributed by atoms with Crippen LogP contribution in [0.15, 0.2) is 11.0 Å². The summed E-state index contributed by atoms with van der Waals surface area (Å²) >= 11 is 0. The summed E-state index contributed by atoms with van der Waals surface area (Å²) < 4.78 is 33.2. The zero-order valence-electron chi connectivity index (χ0n) is 13.5. The van der Waals surface area contributed by atoms with Crippen molar-refractivity contribution in [3.05, 3.63) is 22.8 Å². The molecule has 0 amide bonds. The van der Waals surface area contributed by atoms with Crippen LogP contribution in [0.25, 0.3) is 0 Å². The Morgan fingerprint density at radius 1 is 1.29 bits per heavy atom. The topological polar surface area (TPSA) is 81.4 Å². The number of hydrogen-bond acceptors (Lipinski definition) is 4. The highest BCUT2D eigenvalue weighted by Gasteiger charge is 2.25. The van der Waals surface area contributed by atoms with Gasteiger partial charge in [-0.05, 0) is 43.9 Å². The number of nitrogen functional groups attached to an aromatic ring is 1. The fourth-order valence-electron chi connectivity index (χ4n) is 2.60. The number of benzene rings is 1. The first-order valence-corrected chi connectivity index (χ1v) is 8.60. The fraction of sp³-hybridized carbons (Fsp3) is 0.600. The third kappa shape index (κ3) is 4.18. The lowest BCUT2D eigenvalue weighted by atomic mass is 10.1. The maximum atomic E-state index is 12.7. The van der Waals surface area contributed by atoms with E-state index in [1.165, 1.54) is 0 Å². The van der Waals surface area contributed by atoms with Crippen LogP contribution in [0.4, 0.5) is 5.69 Å². The largest absolute Gasteiger partial charge is 0.398 e. The minimum atomic E-state index is -3.61. The van der Waals surface area contributed by atoms with Crippen molar-refractivity contribution in [1.29, 1.82) is 0 Å². The Morgan fingerprint density at radius 3 is 2.43 bits per heavy atom. The smallest absolute Gasteiger partial charge is 0.241 e. The van der Waals surface area contributed by atoms with Crippen LogP contribution < -0.4 is 10.5 Å². The molecule has 0 aromatic heterocycles. The fourth-order valence-corrected chi connectivity index (χ4v) is 4.34. The lowest BCUT2D eigenvalue weighted by molar-refractivity contribution is 0.171. The summed E-state index contributed by atoms with van der Waals surface area (Å²) in [5.41, 5.74) is 8.71. The molecule has 1 rings (SSSR count). The molecule has 21 heavy (non-hydrogen) atoms.